The van der Waals surface area contributed by atoms with E-state index in [1.165, 1.54) is 12.8 Å². The van der Waals surface area contributed by atoms with Crippen LogP contribution in [0.1, 0.15) is 38.5 Å². The molecule has 3 heteroatoms. The average molecular weight is 280 g/mol. The van der Waals surface area contributed by atoms with Crippen LogP contribution in [0.5, 0.6) is 0 Å². The molecule has 0 aromatic rings. The summed E-state index contributed by atoms with van der Waals surface area (Å²) in [7, 11) is -1.18. The summed E-state index contributed by atoms with van der Waals surface area (Å²) in [5.74, 6) is 3.28. The monoisotopic (exact) mass is 280 g/mol. The van der Waals surface area contributed by atoms with Crippen LogP contribution in [0.4, 0.5) is 0 Å². The number of unbranched alkanes of at least 4 members (excludes halogenated alkanes) is 1. The van der Waals surface area contributed by atoms with Crippen molar-refractivity contribution in [2.24, 2.45) is 0 Å². The van der Waals surface area contributed by atoms with Crippen molar-refractivity contribution in [3.05, 3.63) is 12.2 Å². The third-order valence-corrected chi connectivity index (χ3v) is 3.72. The predicted octanol–water partition coefficient (Wildman–Crippen LogP) is 4.14. The highest BCUT2D eigenvalue weighted by molar-refractivity contribution is 6.83. The van der Waals surface area contributed by atoms with E-state index in [1.54, 1.807) is 0 Å². The first-order chi connectivity index (χ1) is 9.08. The Bertz CT molecular complexity index is 314. The van der Waals surface area contributed by atoms with Gasteiger partial charge in [-0.05, 0) is 32.1 Å². The quantitative estimate of drug-likeness (QED) is 0.315. The van der Waals surface area contributed by atoms with Crippen molar-refractivity contribution in [2.75, 3.05) is 13.2 Å². The Labute approximate surface area is 119 Å². The largest absolute Gasteiger partial charge is 0.353 e. The van der Waals surface area contributed by atoms with E-state index in [0.717, 1.165) is 38.9 Å². The fourth-order valence-corrected chi connectivity index (χ4v) is 2.48. The Hall–Kier alpha value is -0.563. The fourth-order valence-electron chi connectivity index (χ4n) is 1.83. The molecule has 1 heterocycles. The highest BCUT2D eigenvalue weighted by atomic mass is 28.3. The minimum atomic E-state index is -1.18. The van der Waals surface area contributed by atoms with Crippen molar-refractivity contribution in [3.63, 3.8) is 0 Å². The number of ether oxygens (including phenoxy) is 2. The first kappa shape index (κ1) is 16.5. The summed E-state index contributed by atoms with van der Waals surface area (Å²) in [5, 5.41) is 0. The first-order valence-corrected chi connectivity index (χ1v) is 11.0. The zero-order valence-electron chi connectivity index (χ0n) is 12.7. The molecule has 1 atom stereocenters. The van der Waals surface area contributed by atoms with Crippen LogP contribution in [0.2, 0.25) is 19.6 Å². The van der Waals surface area contributed by atoms with E-state index in [4.69, 9.17) is 9.47 Å². The molecule has 0 radical (unpaired) electrons. The molecule has 1 saturated heterocycles. The molecule has 0 aromatic heterocycles. The van der Waals surface area contributed by atoms with E-state index in [0.29, 0.717) is 0 Å². The molecule has 1 rings (SSSR count). The normalized spacial score (nSPS) is 20.3. The lowest BCUT2D eigenvalue weighted by Gasteiger charge is -2.22. The van der Waals surface area contributed by atoms with Crippen LogP contribution in [0.15, 0.2) is 12.2 Å². The maximum absolute atomic E-state index is 5.66. The summed E-state index contributed by atoms with van der Waals surface area (Å²) in [6, 6.07) is 0. The topological polar surface area (TPSA) is 18.5 Å². The molecule has 0 N–H and O–H groups in total. The summed E-state index contributed by atoms with van der Waals surface area (Å²) in [6.45, 7) is 8.46. The third-order valence-electron chi connectivity index (χ3n) is 2.79. The maximum Gasteiger partial charge on any atom is 0.157 e. The Morgan fingerprint density at radius 2 is 2.00 bits per heavy atom. The van der Waals surface area contributed by atoms with E-state index in [1.807, 2.05) is 0 Å². The third kappa shape index (κ3) is 9.95. The Balaban J connectivity index is 1.96. The molecule has 2 nitrogen and oxygen atoms in total. The Morgan fingerprint density at radius 1 is 1.21 bits per heavy atom. The van der Waals surface area contributed by atoms with E-state index >= 15 is 0 Å². The summed E-state index contributed by atoms with van der Waals surface area (Å²) in [4.78, 5) is 0. The van der Waals surface area contributed by atoms with Gasteiger partial charge < -0.3 is 9.47 Å². The van der Waals surface area contributed by atoms with Gasteiger partial charge in [0.05, 0.1) is 6.61 Å². The SMILES string of the molecule is C[Si](C)(C)C#CCC/C=C\CCOC1CCCCO1. The number of rotatable bonds is 6. The van der Waals surface area contributed by atoms with Crippen LogP contribution >= 0.6 is 0 Å². The molecule has 1 unspecified atom stereocenters. The van der Waals surface area contributed by atoms with Gasteiger partial charge in [-0.2, -0.15) is 0 Å². The van der Waals surface area contributed by atoms with Crippen LogP contribution < -0.4 is 0 Å². The van der Waals surface area contributed by atoms with Gasteiger partial charge in [0.15, 0.2) is 6.29 Å². The molecule has 1 aliphatic rings. The van der Waals surface area contributed by atoms with E-state index in [9.17, 15) is 0 Å². The second-order valence-corrected chi connectivity index (χ2v) is 10.8. The van der Waals surface area contributed by atoms with Gasteiger partial charge in [0, 0.05) is 13.0 Å². The summed E-state index contributed by atoms with van der Waals surface area (Å²) in [6.07, 6.45) is 10.9. The zero-order valence-corrected chi connectivity index (χ0v) is 13.7. The van der Waals surface area contributed by atoms with Crippen LogP contribution in [0.25, 0.3) is 0 Å². The minimum absolute atomic E-state index is 0.0461. The highest BCUT2D eigenvalue weighted by Crippen LogP contribution is 2.13. The molecule has 0 aromatic carbocycles. The van der Waals surface area contributed by atoms with Crippen molar-refractivity contribution in [1.29, 1.82) is 0 Å². The van der Waals surface area contributed by atoms with Gasteiger partial charge in [-0.3, -0.25) is 0 Å². The molecule has 0 bridgehead atoms. The lowest BCUT2D eigenvalue weighted by Crippen LogP contribution is -2.22. The smallest absolute Gasteiger partial charge is 0.157 e. The number of allylic oxidation sites excluding steroid dienone is 1. The lowest BCUT2D eigenvalue weighted by molar-refractivity contribution is -0.161. The molecule has 1 fully saturated rings. The van der Waals surface area contributed by atoms with Crippen molar-refractivity contribution in [3.8, 4) is 11.5 Å². The van der Waals surface area contributed by atoms with Crippen molar-refractivity contribution >= 4 is 8.07 Å². The molecule has 0 amide bonds. The summed E-state index contributed by atoms with van der Waals surface area (Å²) >= 11 is 0. The van der Waals surface area contributed by atoms with Crippen molar-refractivity contribution < 1.29 is 9.47 Å². The van der Waals surface area contributed by atoms with E-state index < -0.39 is 8.07 Å². The van der Waals surface area contributed by atoms with Gasteiger partial charge in [0.25, 0.3) is 0 Å². The van der Waals surface area contributed by atoms with Crippen LogP contribution in [0, 0.1) is 11.5 Å². The Kier molecular flexibility index (Phi) is 8.12. The van der Waals surface area contributed by atoms with Crippen molar-refractivity contribution in [1.82, 2.24) is 0 Å². The molecule has 0 spiro atoms. The molecule has 1 aliphatic heterocycles. The van der Waals surface area contributed by atoms with Gasteiger partial charge in [-0.15, -0.1) is 11.5 Å². The summed E-state index contributed by atoms with van der Waals surface area (Å²) in [5.41, 5.74) is 3.38. The van der Waals surface area contributed by atoms with Gasteiger partial charge in [-0.1, -0.05) is 31.8 Å². The van der Waals surface area contributed by atoms with Crippen molar-refractivity contribution in [2.45, 2.75) is 64.5 Å². The van der Waals surface area contributed by atoms with Crippen LogP contribution in [-0.4, -0.2) is 27.6 Å². The highest BCUT2D eigenvalue weighted by Gasteiger charge is 2.12. The molecule has 0 saturated carbocycles. The first-order valence-electron chi connectivity index (χ1n) is 7.46. The van der Waals surface area contributed by atoms with Crippen LogP contribution in [0.3, 0.4) is 0 Å². The van der Waals surface area contributed by atoms with Gasteiger partial charge in [-0.25, -0.2) is 0 Å². The van der Waals surface area contributed by atoms with Gasteiger partial charge in [0.1, 0.15) is 8.07 Å². The maximum atomic E-state index is 5.66. The molecule has 0 aliphatic carbocycles. The molecular weight excluding hydrogens is 252 g/mol. The second kappa shape index (κ2) is 9.36. The Morgan fingerprint density at radius 3 is 2.68 bits per heavy atom. The molecule has 19 heavy (non-hydrogen) atoms. The molecule has 108 valence electrons. The molecular formula is C16H28O2Si. The van der Waals surface area contributed by atoms with Gasteiger partial charge in [0.2, 0.25) is 0 Å². The number of hydrogen-bond acceptors (Lipinski definition) is 2. The van der Waals surface area contributed by atoms with E-state index in [2.05, 4.69) is 43.3 Å². The number of hydrogen-bond donors (Lipinski definition) is 0. The average Bonchev–Trinajstić information content (AvgIpc) is 2.37. The lowest BCUT2D eigenvalue weighted by atomic mass is 10.2. The minimum Gasteiger partial charge on any atom is -0.353 e. The summed E-state index contributed by atoms with van der Waals surface area (Å²) < 4.78 is 11.2. The van der Waals surface area contributed by atoms with Crippen LogP contribution in [-0.2, 0) is 9.47 Å². The zero-order chi connectivity index (χ0) is 14.0. The standard InChI is InChI=1S/C16H28O2Si/c1-19(2,3)15-11-7-5-4-6-9-13-17-16-12-8-10-14-18-16/h4,6,16H,5,7-10,12-14H2,1-3H3/b6-4-. The van der Waals surface area contributed by atoms with E-state index in [-0.39, 0.29) is 6.29 Å². The van der Waals surface area contributed by atoms with Gasteiger partial charge >= 0.3 is 0 Å². The second-order valence-electron chi connectivity index (χ2n) is 6.02. The predicted molar refractivity (Wildman–Crippen MR) is 83.7 cm³/mol. The fraction of sp³-hybridized carbons (Fsp3) is 0.750.